The number of nitrogens with one attached hydrogen (secondary N) is 1. The van der Waals surface area contributed by atoms with E-state index in [-0.39, 0.29) is 11.8 Å². The van der Waals surface area contributed by atoms with Gasteiger partial charge in [0.05, 0.1) is 5.56 Å². The van der Waals surface area contributed by atoms with E-state index in [0.717, 1.165) is 36.1 Å². The van der Waals surface area contributed by atoms with Gasteiger partial charge in [-0.2, -0.15) is 0 Å². The van der Waals surface area contributed by atoms with Crippen LogP contribution in [0.25, 0.3) is 0 Å². The topological polar surface area (TPSA) is 75.7 Å². The second kappa shape index (κ2) is 7.12. The summed E-state index contributed by atoms with van der Waals surface area (Å²) in [5.41, 5.74) is 1.37. The zero-order valence-corrected chi connectivity index (χ0v) is 14.7. The summed E-state index contributed by atoms with van der Waals surface area (Å²) >= 11 is 1.43. The number of anilines is 1. The zero-order valence-electron chi connectivity index (χ0n) is 13.9. The van der Waals surface area contributed by atoms with E-state index in [9.17, 15) is 14.4 Å². The Bertz CT molecular complexity index is 636. The highest BCUT2D eigenvalue weighted by atomic mass is 32.1. The number of rotatable bonds is 4. The van der Waals surface area contributed by atoms with Crippen LogP contribution in [0.4, 0.5) is 5.00 Å². The maximum Gasteiger partial charge on any atom is 0.342 e. The Morgan fingerprint density at radius 2 is 1.87 bits per heavy atom. The molecule has 6 nitrogen and oxygen atoms in total. The molecule has 0 saturated carbocycles. The summed E-state index contributed by atoms with van der Waals surface area (Å²) < 4.78 is 5.33. The second-order valence-corrected chi connectivity index (χ2v) is 6.98. The summed E-state index contributed by atoms with van der Waals surface area (Å²) in [7, 11) is 3.23. The van der Waals surface area contributed by atoms with Gasteiger partial charge >= 0.3 is 5.97 Å². The summed E-state index contributed by atoms with van der Waals surface area (Å²) in [6, 6.07) is 0. The smallest absolute Gasteiger partial charge is 0.342 e. The Hall–Kier alpha value is -1.89. The van der Waals surface area contributed by atoms with Gasteiger partial charge in [-0.15, -0.1) is 11.3 Å². The average Bonchev–Trinajstić information content (AvgIpc) is 2.82. The minimum atomic E-state index is -0.859. The number of hydrogen-bond acceptors (Lipinski definition) is 5. The van der Waals surface area contributed by atoms with E-state index >= 15 is 0 Å². The highest BCUT2D eigenvalue weighted by molar-refractivity contribution is 7.17. The summed E-state index contributed by atoms with van der Waals surface area (Å²) in [5.74, 6) is -1.05. The van der Waals surface area contributed by atoms with E-state index < -0.39 is 12.1 Å². The summed E-state index contributed by atoms with van der Waals surface area (Å²) in [6.07, 6.45) is 2.94. The Morgan fingerprint density at radius 1 is 1.22 bits per heavy atom. The van der Waals surface area contributed by atoms with Gasteiger partial charge in [-0.05, 0) is 38.2 Å². The van der Waals surface area contributed by atoms with Gasteiger partial charge in [0.25, 0.3) is 5.91 Å². The monoisotopic (exact) mass is 338 g/mol. The van der Waals surface area contributed by atoms with Crippen LogP contribution in [0, 0.1) is 0 Å². The van der Waals surface area contributed by atoms with Crippen LogP contribution in [0.5, 0.6) is 0 Å². The Morgan fingerprint density at radius 3 is 2.48 bits per heavy atom. The van der Waals surface area contributed by atoms with Crippen LogP contribution >= 0.6 is 11.3 Å². The molecule has 1 aromatic heterocycles. The number of esters is 1. The molecule has 1 aliphatic rings. The van der Waals surface area contributed by atoms with Crippen LogP contribution in [0.1, 0.15) is 47.5 Å². The van der Waals surface area contributed by atoms with E-state index in [4.69, 9.17) is 4.74 Å². The number of likely N-dealkylation sites (N-methyl/N-ethyl adjacent to an activating group) is 1. The van der Waals surface area contributed by atoms with E-state index in [2.05, 4.69) is 5.32 Å². The minimum absolute atomic E-state index is 0.227. The number of ether oxygens (including phenoxy) is 1. The minimum Gasteiger partial charge on any atom is -0.449 e. The molecule has 1 aromatic rings. The molecule has 0 aromatic carbocycles. The lowest BCUT2D eigenvalue weighted by atomic mass is 9.95. The predicted molar refractivity (Wildman–Crippen MR) is 88.8 cm³/mol. The second-order valence-electron chi connectivity index (χ2n) is 5.88. The number of nitrogens with zero attached hydrogens (tertiary/aromatic N) is 1. The van der Waals surface area contributed by atoms with Crippen LogP contribution in [0.3, 0.4) is 0 Å². The predicted octanol–water partition coefficient (Wildman–Crippen LogP) is 2.22. The molecule has 1 heterocycles. The molecule has 0 radical (unpaired) electrons. The third-order valence-electron chi connectivity index (χ3n) is 3.74. The molecule has 0 spiro atoms. The quantitative estimate of drug-likeness (QED) is 0.854. The largest absolute Gasteiger partial charge is 0.449 e. The van der Waals surface area contributed by atoms with Crippen molar-refractivity contribution in [3.63, 3.8) is 0 Å². The lowest BCUT2D eigenvalue weighted by Crippen LogP contribution is -2.35. The Balaban J connectivity index is 2.29. The van der Waals surface area contributed by atoms with Crippen LogP contribution in [0.15, 0.2) is 0 Å². The standard InChI is InChI=1S/C16H22N2O4S/c1-9(15(20)18(3)4)22-16(21)13-11-7-5-6-8-12(11)23-14(13)17-10(2)19/h9H,5-8H2,1-4H3,(H,17,19)/t9-/m0/s1. The first-order valence-corrected chi connectivity index (χ1v) is 8.47. The molecule has 1 atom stereocenters. The molecular weight excluding hydrogens is 316 g/mol. The highest BCUT2D eigenvalue weighted by Crippen LogP contribution is 2.38. The molecule has 0 bridgehead atoms. The molecular formula is C16H22N2O4S. The first kappa shape index (κ1) is 17.5. The maximum atomic E-state index is 12.6. The summed E-state index contributed by atoms with van der Waals surface area (Å²) in [4.78, 5) is 38.4. The molecule has 23 heavy (non-hydrogen) atoms. The SMILES string of the molecule is CC(=O)Nc1sc2c(c1C(=O)O[C@@H](C)C(=O)N(C)C)CCCC2. The van der Waals surface area contributed by atoms with E-state index in [0.29, 0.717) is 10.6 Å². The number of thiophene rings is 1. The van der Waals surface area contributed by atoms with Crippen molar-refractivity contribution in [2.24, 2.45) is 0 Å². The van der Waals surface area contributed by atoms with Gasteiger partial charge in [0.15, 0.2) is 6.10 Å². The van der Waals surface area contributed by atoms with E-state index in [1.807, 2.05) is 0 Å². The van der Waals surface area contributed by atoms with Gasteiger partial charge in [0, 0.05) is 25.9 Å². The van der Waals surface area contributed by atoms with Gasteiger partial charge in [0.2, 0.25) is 5.91 Å². The third kappa shape index (κ3) is 3.90. The van der Waals surface area contributed by atoms with Crippen LogP contribution in [-0.2, 0) is 27.2 Å². The number of amides is 2. The number of carbonyl (C=O) groups is 3. The Kier molecular flexibility index (Phi) is 5.41. The van der Waals surface area contributed by atoms with Crippen LogP contribution in [-0.4, -0.2) is 42.9 Å². The van der Waals surface area contributed by atoms with Gasteiger partial charge in [-0.25, -0.2) is 4.79 Å². The van der Waals surface area contributed by atoms with Crippen molar-refractivity contribution < 1.29 is 19.1 Å². The fourth-order valence-electron chi connectivity index (χ4n) is 2.66. The summed E-state index contributed by atoms with van der Waals surface area (Å²) in [6.45, 7) is 2.96. The molecule has 1 N–H and O–H groups in total. The van der Waals surface area contributed by atoms with Crippen molar-refractivity contribution >= 4 is 34.1 Å². The van der Waals surface area contributed by atoms with E-state index in [1.54, 1.807) is 21.0 Å². The van der Waals surface area contributed by atoms with E-state index in [1.165, 1.54) is 23.2 Å². The lowest BCUT2D eigenvalue weighted by molar-refractivity contribution is -0.137. The molecule has 0 saturated heterocycles. The molecule has 1 aliphatic carbocycles. The van der Waals surface area contributed by atoms with Gasteiger partial charge in [-0.1, -0.05) is 0 Å². The molecule has 0 aliphatic heterocycles. The normalized spacial score (nSPS) is 14.6. The molecule has 0 unspecified atom stereocenters. The van der Waals surface area contributed by atoms with Crippen molar-refractivity contribution in [2.45, 2.75) is 45.6 Å². The fraction of sp³-hybridized carbons (Fsp3) is 0.562. The molecule has 0 fully saturated rings. The van der Waals surface area contributed by atoms with Gasteiger partial charge in [0.1, 0.15) is 5.00 Å². The zero-order chi connectivity index (χ0) is 17.1. The van der Waals surface area contributed by atoms with Crippen LogP contribution in [0.2, 0.25) is 0 Å². The number of aryl methyl sites for hydroxylation is 1. The van der Waals surface area contributed by atoms with Gasteiger partial charge in [-0.3, -0.25) is 9.59 Å². The first-order valence-electron chi connectivity index (χ1n) is 7.65. The molecule has 2 rings (SSSR count). The molecule has 7 heteroatoms. The van der Waals surface area contributed by atoms with Crippen molar-refractivity contribution in [2.75, 3.05) is 19.4 Å². The highest BCUT2D eigenvalue weighted by Gasteiger charge is 2.29. The Labute approximate surface area is 139 Å². The van der Waals surface area contributed by atoms with Crippen molar-refractivity contribution in [3.05, 3.63) is 16.0 Å². The fourth-order valence-corrected chi connectivity index (χ4v) is 3.99. The number of fused-ring (bicyclic) bond motifs is 1. The number of carbonyl (C=O) groups excluding carboxylic acids is 3. The summed E-state index contributed by atoms with van der Waals surface area (Å²) in [5, 5.41) is 3.25. The van der Waals surface area contributed by atoms with Crippen molar-refractivity contribution in [1.82, 2.24) is 4.90 Å². The lowest BCUT2D eigenvalue weighted by Gasteiger charge is -2.18. The van der Waals surface area contributed by atoms with Crippen molar-refractivity contribution in [3.8, 4) is 0 Å². The number of hydrogen-bond donors (Lipinski definition) is 1. The van der Waals surface area contributed by atoms with Crippen molar-refractivity contribution in [1.29, 1.82) is 0 Å². The molecule has 126 valence electrons. The first-order chi connectivity index (χ1) is 10.8. The average molecular weight is 338 g/mol. The maximum absolute atomic E-state index is 12.6. The van der Waals surface area contributed by atoms with Gasteiger partial charge < -0.3 is 15.0 Å². The third-order valence-corrected chi connectivity index (χ3v) is 4.94. The molecule has 2 amide bonds. The van der Waals surface area contributed by atoms with Crippen LogP contribution < -0.4 is 5.32 Å².